The maximum absolute atomic E-state index is 5.49. The maximum Gasteiger partial charge on any atom is 0.0166 e. The molecule has 2 heteroatoms. The van der Waals surface area contributed by atoms with E-state index in [1.165, 1.54) is 13.0 Å². The second-order valence-electron chi connectivity index (χ2n) is 3.77. The summed E-state index contributed by atoms with van der Waals surface area (Å²) in [6.07, 6.45) is 3.60. The maximum atomic E-state index is 5.49. The molecule has 0 aromatic heterocycles. The van der Waals surface area contributed by atoms with Crippen LogP contribution in [0.5, 0.6) is 0 Å². The molecular weight excluding hydrogens is 148 g/mol. The van der Waals surface area contributed by atoms with Crippen LogP contribution in [0.15, 0.2) is 11.6 Å². The Labute approximate surface area is 75.4 Å². The summed E-state index contributed by atoms with van der Waals surface area (Å²) in [7, 11) is 0. The van der Waals surface area contributed by atoms with E-state index < -0.39 is 0 Å². The normalized spacial score (nSPS) is 19.8. The molecule has 1 aliphatic heterocycles. The van der Waals surface area contributed by atoms with Crippen molar-refractivity contribution in [3.8, 4) is 0 Å². The average molecular weight is 168 g/mol. The van der Waals surface area contributed by atoms with Crippen molar-refractivity contribution in [2.75, 3.05) is 26.2 Å². The Hall–Kier alpha value is -0.340. The molecule has 1 rings (SSSR count). The van der Waals surface area contributed by atoms with E-state index in [0.717, 1.165) is 25.6 Å². The van der Waals surface area contributed by atoms with Crippen LogP contribution in [0.1, 0.15) is 20.3 Å². The van der Waals surface area contributed by atoms with E-state index in [0.29, 0.717) is 0 Å². The highest BCUT2D eigenvalue weighted by atomic mass is 15.1. The lowest BCUT2D eigenvalue weighted by Crippen LogP contribution is -2.33. The van der Waals surface area contributed by atoms with E-state index in [1.54, 1.807) is 5.57 Å². The molecule has 0 unspecified atom stereocenters. The third-order valence-corrected chi connectivity index (χ3v) is 2.52. The zero-order valence-corrected chi connectivity index (χ0v) is 8.21. The van der Waals surface area contributed by atoms with Gasteiger partial charge in [-0.25, -0.2) is 0 Å². The molecule has 0 radical (unpaired) electrons. The van der Waals surface area contributed by atoms with E-state index in [-0.39, 0.29) is 0 Å². The Kier molecular flexibility index (Phi) is 3.76. The van der Waals surface area contributed by atoms with Gasteiger partial charge in [-0.2, -0.15) is 0 Å². The predicted molar refractivity (Wildman–Crippen MR) is 53.0 cm³/mol. The van der Waals surface area contributed by atoms with E-state index in [9.17, 15) is 0 Å². The van der Waals surface area contributed by atoms with Gasteiger partial charge in [0.05, 0.1) is 0 Å². The molecule has 0 spiro atoms. The summed E-state index contributed by atoms with van der Waals surface area (Å²) in [4.78, 5) is 2.41. The van der Waals surface area contributed by atoms with Crippen LogP contribution in [0.2, 0.25) is 0 Å². The molecule has 0 aromatic rings. The number of hydrogen-bond donors (Lipinski definition) is 1. The van der Waals surface area contributed by atoms with Gasteiger partial charge in [-0.15, -0.1) is 0 Å². The molecule has 1 aliphatic rings. The number of nitrogens with two attached hydrogens (primary N) is 1. The lowest BCUT2D eigenvalue weighted by atomic mass is 9.97. The monoisotopic (exact) mass is 168 g/mol. The highest BCUT2D eigenvalue weighted by molar-refractivity contribution is 5.09. The van der Waals surface area contributed by atoms with Crippen molar-refractivity contribution >= 4 is 0 Å². The van der Waals surface area contributed by atoms with Crippen LogP contribution >= 0.6 is 0 Å². The van der Waals surface area contributed by atoms with Crippen molar-refractivity contribution < 1.29 is 0 Å². The van der Waals surface area contributed by atoms with Crippen molar-refractivity contribution in [3.05, 3.63) is 11.6 Å². The highest BCUT2D eigenvalue weighted by Crippen LogP contribution is 2.17. The number of hydrogen-bond acceptors (Lipinski definition) is 2. The van der Waals surface area contributed by atoms with Crippen LogP contribution in [0, 0.1) is 5.92 Å². The molecule has 2 N–H and O–H groups in total. The van der Waals surface area contributed by atoms with Crippen molar-refractivity contribution in [3.63, 3.8) is 0 Å². The van der Waals surface area contributed by atoms with Gasteiger partial charge >= 0.3 is 0 Å². The summed E-state index contributed by atoms with van der Waals surface area (Å²) >= 11 is 0. The SMILES string of the molecule is CC(C)C1=CCN(CCN)CC1. The number of nitrogens with zero attached hydrogens (tertiary/aromatic N) is 1. The minimum atomic E-state index is 0.727. The number of rotatable bonds is 3. The lowest BCUT2D eigenvalue weighted by molar-refractivity contribution is 0.297. The lowest BCUT2D eigenvalue weighted by Gasteiger charge is -2.27. The van der Waals surface area contributed by atoms with Crippen molar-refractivity contribution in [1.82, 2.24) is 4.90 Å². The molecule has 0 aromatic carbocycles. The van der Waals surface area contributed by atoms with Crippen LogP contribution in [-0.2, 0) is 0 Å². The van der Waals surface area contributed by atoms with Gasteiger partial charge in [-0.3, -0.25) is 4.90 Å². The zero-order chi connectivity index (χ0) is 8.97. The second-order valence-corrected chi connectivity index (χ2v) is 3.77. The van der Waals surface area contributed by atoms with Gasteiger partial charge in [0.1, 0.15) is 0 Å². The van der Waals surface area contributed by atoms with Crippen molar-refractivity contribution in [2.24, 2.45) is 11.7 Å². The molecule has 1 heterocycles. The molecule has 0 atom stereocenters. The summed E-state index contributed by atoms with van der Waals surface area (Å²) < 4.78 is 0. The first-order valence-corrected chi connectivity index (χ1v) is 4.85. The summed E-state index contributed by atoms with van der Waals surface area (Å²) in [6, 6.07) is 0. The Balaban J connectivity index is 2.37. The second kappa shape index (κ2) is 4.63. The van der Waals surface area contributed by atoms with Crippen molar-refractivity contribution in [2.45, 2.75) is 20.3 Å². The van der Waals surface area contributed by atoms with Crippen LogP contribution in [0.4, 0.5) is 0 Å². The first kappa shape index (κ1) is 9.75. The Morgan fingerprint density at radius 1 is 1.58 bits per heavy atom. The predicted octanol–water partition coefficient (Wildman–Crippen LogP) is 1.23. The van der Waals surface area contributed by atoms with E-state index in [2.05, 4.69) is 24.8 Å². The smallest absolute Gasteiger partial charge is 0.0166 e. The van der Waals surface area contributed by atoms with Crippen molar-refractivity contribution in [1.29, 1.82) is 0 Å². The molecule has 12 heavy (non-hydrogen) atoms. The Morgan fingerprint density at radius 2 is 2.33 bits per heavy atom. The minimum absolute atomic E-state index is 0.727. The van der Waals surface area contributed by atoms with Crippen LogP contribution in [0.25, 0.3) is 0 Å². The summed E-state index contributed by atoms with van der Waals surface area (Å²) in [6.45, 7) is 8.66. The van der Waals surface area contributed by atoms with Crippen LogP contribution in [0.3, 0.4) is 0 Å². The van der Waals surface area contributed by atoms with Gasteiger partial charge in [0.15, 0.2) is 0 Å². The topological polar surface area (TPSA) is 29.3 Å². The van der Waals surface area contributed by atoms with Gasteiger partial charge in [-0.1, -0.05) is 25.5 Å². The van der Waals surface area contributed by atoms with E-state index >= 15 is 0 Å². The van der Waals surface area contributed by atoms with E-state index in [1.807, 2.05) is 0 Å². The molecule has 0 fully saturated rings. The van der Waals surface area contributed by atoms with Gasteiger partial charge in [0.2, 0.25) is 0 Å². The van der Waals surface area contributed by atoms with E-state index in [4.69, 9.17) is 5.73 Å². The largest absolute Gasteiger partial charge is 0.329 e. The summed E-state index contributed by atoms with van der Waals surface area (Å²) in [5, 5.41) is 0. The molecule has 0 saturated carbocycles. The van der Waals surface area contributed by atoms with Gasteiger partial charge in [0.25, 0.3) is 0 Å². The molecule has 0 aliphatic carbocycles. The highest BCUT2D eigenvalue weighted by Gasteiger charge is 2.12. The molecule has 0 saturated heterocycles. The molecule has 0 amide bonds. The standard InChI is InChI=1S/C10H20N2/c1-9(2)10-3-6-12(7-4-10)8-5-11/h3,9H,4-8,11H2,1-2H3. The van der Waals surface area contributed by atoms with Gasteiger partial charge < -0.3 is 5.73 Å². The van der Waals surface area contributed by atoms with Crippen LogP contribution < -0.4 is 5.73 Å². The summed E-state index contributed by atoms with van der Waals surface area (Å²) in [5.41, 5.74) is 7.11. The quantitative estimate of drug-likeness (QED) is 0.642. The first-order chi connectivity index (χ1) is 5.74. The van der Waals surface area contributed by atoms with Gasteiger partial charge in [-0.05, 0) is 12.3 Å². The zero-order valence-electron chi connectivity index (χ0n) is 8.21. The minimum Gasteiger partial charge on any atom is -0.329 e. The Morgan fingerprint density at radius 3 is 2.75 bits per heavy atom. The molecular formula is C10H20N2. The fraction of sp³-hybridized carbons (Fsp3) is 0.800. The molecule has 70 valence electrons. The third-order valence-electron chi connectivity index (χ3n) is 2.52. The fourth-order valence-electron chi connectivity index (χ4n) is 1.64. The first-order valence-electron chi connectivity index (χ1n) is 4.85. The Bertz CT molecular complexity index is 161. The average Bonchev–Trinajstić information content (AvgIpc) is 2.06. The molecule has 0 bridgehead atoms. The molecule has 2 nitrogen and oxygen atoms in total. The summed E-state index contributed by atoms with van der Waals surface area (Å²) in [5.74, 6) is 0.727. The van der Waals surface area contributed by atoms with Gasteiger partial charge in [0, 0.05) is 26.2 Å². The fourth-order valence-corrected chi connectivity index (χ4v) is 1.64. The van der Waals surface area contributed by atoms with Crippen LogP contribution in [-0.4, -0.2) is 31.1 Å². The third kappa shape index (κ3) is 2.61.